The van der Waals surface area contributed by atoms with Gasteiger partial charge in [-0.1, -0.05) is 18.2 Å². The summed E-state index contributed by atoms with van der Waals surface area (Å²) in [7, 11) is 1.65. The van der Waals surface area contributed by atoms with Gasteiger partial charge in [-0.25, -0.2) is 0 Å². The number of rotatable bonds is 5. The number of aromatic nitrogens is 1. The lowest BCUT2D eigenvalue weighted by Gasteiger charge is -2.29. The quantitative estimate of drug-likeness (QED) is 0.814. The predicted molar refractivity (Wildman–Crippen MR) is 96.8 cm³/mol. The van der Waals surface area contributed by atoms with Crippen molar-refractivity contribution in [3.05, 3.63) is 59.9 Å². The Morgan fingerprint density at radius 3 is 2.62 bits per heavy atom. The third-order valence-corrected chi connectivity index (χ3v) is 4.47. The van der Waals surface area contributed by atoms with E-state index in [0.29, 0.717) is 11.7 Å². The first kappa shape index (κ1) is 16.7. The molecule has 3 atom stereocenters. The first-order valence-electron chi connectivity index (χ1n) is 7.90. The monoisotopic (exact) mass is 343 g/mol. The molecule has 1 aromatic heterocycles. The van der Waals surface area contributed by atoms with E-state index in [9.17, 15) is 5.11 Å². The van der Waals surface area contributed by atoms with E-state index in [-0.39, 0.29) is 12.1 Å². The van der Waals surface area contributed by atoms with E-state index in [1.54, 1.807) is 20.2 Å². The number of hydrogen-bond acceptors (Lipinski definition) is 4. The van der Waals surface area contributed by atoms with Crippen LogP contribution in [0.2, 0.25) is 0 Å². The van der Waals surface area contributed by atoms with Crippen molar-refractivity contribution >= 4 is 17.3 Å². The van der Waals surface area contributed by atoms with Crippen LogP contribution < -0.4 is 10.1 Å². The smallest absolute Gasteiger partial charge is 0.170 e. The van der Waals surface area contributed by atoms with Crippen molar-refractivity contribution in [3.63, 3.8) is 0 Å². The van der Waals surface area contributed by atoms with Crippen molar-refractivity contribution < 1.29 is 9.84 Å². The summed E-state index contributed by atoms with van der Waals surface area (Å²) in [6.07, 6.45) is 1.30. The lowest BCUT2D eigenvalue weighted by atomic mass is 9.96. The molecule has 1 fully saturated rings. The summed E-state index contributed by atoms with van der Waals surface area (Å²) >= 11 is 5.51. The minimum Gasteiger partial charge on any atom is -0.497 e. The second-order valence-corrected chi connectivity index (χ2v) is 6.29. The predicted octanol–water partition coefficient (Wildman–Crippen LogP) is 2.44. The highest BCUT2D eigenvalue weighted by Gasteiger charge is 2.39. The Balaban J connectivity index is 1.99. The SMILES string of the molecule is COc1ccc([C@@H]2[C@@H](c3ccccn3)NC(=S)N2CC(C)O)cc1. The van der Waals surface area contributed by atoms with E-state index in [1.807, 2.05) is 47.4 Å². The molecule has 6 heteroatoms. The molecule has 2 aromatic rings. The fourth-order valence-electron chi connectivity index (χ4n) is 3.05. The highest BCUT2D eigenvalue weighted by molar-refractivity contribution is 7.80. The maximum Gasteiger partial charge on any atom is 0.170 e. The molecule has 126 valence electrons. The van der Waals surface area contributed by atoms with Gasteiger partial charge >= 0.3 is 0 Å². The minimum atomic E-state index is -0.479. The van der Waals surface area contributed by atoms with Gasteiger partial charge < -0.3 is 20.1 Å². The van der Waals surface area contributed by atoms with Gasteiger partial charge in [0.15, 0.2) is 5.11 Å². The standard InChI is InChI=1S/C18H21N3O2S/c1-12(22)11-21-17(13-6-8-14(23-2)9-7-13)16(20-18(21)24)15-5-3-4-10-19-15/h3-10,12,16-17,22H,11H2,1-2H3,(H,20,24)/t12?,16-,17-/m1/s1. The number of thiocarbonyl (C=S) groups is 1. The molecule has 1 unspecified atom stereocenters. The number of aliphatic hydroxyl groups excluding tert-OH is 1. The fourth-order valence-corrected chi connectivity index (χ4v) is 3.37. The second kappa shape index (κ2) is 7.15. The van der Waals surface area contributed by atoms with Gasteiger partial charge in [0.25, 0.3) is 0 Å². The number of ether oxygens (including phenoxy) is 1. The summed E-state index contributed by atoms with van der Waals surface area (Å²) in [5, 5.41) is 13.9. The summed E-state index contributed by atoms with van der Waals surface area (Å²) in [6, 6.07) is 13.7. The molecular formula is C18H21N3O2S. The van der Waals surface area contributed by atoms with Crippen LogP contribution in [0.25, 0.3) is 0 Å². The molecular weight excluding hydrogens is 322 g/mol. The molecule has 0 saturated carbocycles. The van der Waals surface area contributed by atoms with E-state index >= 15 is 0 Å². The maximum atomic E-state index is 9.87. The van der Waals surface area contributed by atoms with Crippen LogP contribution in [0.1, 0.15) is 30.3 Å². The zero-order chi connectivity index (χ0) is 17.1. The first-order valence-corrected chi connectivity index (χ1v) is 8.31. The van der Waals surface area contributed by atoms with Gasteiger partial charge in [0.1, 0.15) is 5.75 Å². The molecule has 0 spiro atoms. The third kappa shape index (κ3) is 3.34. The van der Waals surface area contributed by atoms with Crippen LogP contribution in [0.3, 0.4) is 0 Å². The largest absolute Gasteiger partial charge is 0.497 e. The maximum absolute atomic E-state index is 9.87. The number of hydrogen-bond donors (Lipinski definition) is 2. The molecule has 1 aromatic carbocycles. The molecule has 0 aliphatic carbocycles. The lowest BCUT2D eigenvalue weighted by Crippen LogP contribution is -2.35. The molecule has 1 saturated heterocycles. The zero-order valence-corrected chi connectivity index (χ0v) is 14.5. The number of nitrogens with one attached hydrogen (secondary N) is 1. The molecule has 0 amide bonds. The van der Waals surface area contributed by atoms with Crippen molar-refractivity contribution in [2.24, 2.45) is 0 Å². The molecule has 0 bridgehead atoms. The molecule has 1 aliphatic rings. The Bertz CT molecular complexity index is 691. The van der Waals surface area contributed by atoms with Crippen molar-refractivity contribution in [1.29, 1.82) is 0 Å². The van der Waals surface area contributed by atoms with E-state index in [0.717, 1.165) is 17.0 Å². The molecule has 0 radical (unpaired) electrons. The summed E-state index contributed by atoms with van der Waals surface area (Å²) in [5.74, 6) is 0.809. The third-order valence-electron chi connectivity index (χ3n) is 4.12. The summed E-state index contributed by atoms with van der Waals surface area (Å²) < 4.78 is 5.25. The number of benzene rings is 1. The minimum absolute atomic E-state index is 0.0343. The van der Waals surface area contributed by atoms with E-state index in [2.05, 4.69) is 10.3 Å². The van der Waals surface area contributed by atoms with Crippen LogP contribution in [-0.4, -0.2) is 39.9 Å². The fraction of sp³-hybridized carbons (Fsp3) is 0.333. The zero-order valence-electron chi connectivity index (χ0n) is 13.7. The van der Waals surface area contributed by atoms with E-state index in [4.69, 9.17) is 17.0 Å². The molecule has 2 heterocycles. The number of methoxy groups -OCH3 is 1. The Morgan fingerprint density at radius 1 is 1.29 bits per heavy atom. The Labute approximate surface area is 147 Å². The summed E-state index contributed by atoms with van der Waals surface area (Å²) in [4.78, 5) is 6.51. The van der Waals surface area contributed by atoms with Gasteiger partial charge in [0.05, 0.1) is 31.0 Å². The topological polar surface area (TPSA) is 57.6 Å². The second-order valence-electron chi connectivity index (χ2n) is 5.90. The molecule has 1 aliphatic heterocycles. The lowest BCUT2D eigenvalue weighted by molar-refractivity contribution is 0.145. The Morgan fingerprint density at radius 2 is 2.04 bits per heavy atom. The van der Waals surface area contributed by atoms with Gasteiger partial charge in [-0.2, -0.15) is 0 Å². The van der Waals surface area contributed by atoms with Crippen LogP contribution in [0.15, 0.2) is 48.7 Å². The Hall–Kier alpha value is -2.18. The summed E-state index contributed by atoms with van der Waals surface area (Å²) in [6.45, 7) is 2.23. The van der Waals surface area contributed by atoms with Gasteiger partial charge in [0, 0.05) is 12.7 Å². The van der Waals surface area contributed by atoms with Crippen molar-refractivity contribution in [3.8, 4) is 5.75 Å². The van der Waals surface area contributed by atoms with Crippen LogP contribution in [-0.2, 0) is 0 Å². The molecule has 24 heavy (non-hydrogen) atoms. The normalized spacial score (nSPS) is 21.5. The van der Waals surface area contributed by atoms with Crippen molar-refractivity contribution in [2.45, 2.75) is 25.1 Å². The van der Waals surface area contributed by atoms with Crippen LogP contribution in [0, 0.1) is 0 Å². The summed E-state index contributed by atoms with van der Waals surface area (Å²) in [5.41, 5.74) is 2.02. The van der Waals surface area contributed by atoms with Gasteiger partial charge in [-0.3, -0.25) is 4.98 Å². The van der Waals surface area contributed by atoms with E-state index in [1.165, 1.54) is 0 Å². The van der Waals surface area contributed by atoms with Crippen molar-refractivity contribution in [2.75, 3.05) is 13.7 Å². The average Bonchev–Trinajstić information content (AvgIpc) is 2.92. The number of nitrogens with zero attached hydrogens (tertiary/aromatic N) is 2. The number of β-amino-alcohol motifs (C(OH)–C–C–N with tert-alkyl or cyclic N) is 1. The number of pyridine rings is 1. The van der Waals surface area contributed by atoms with Crippen molar-refractivity contribution in [1.82, 2.24) is 15.2 Å². The van der Waals surface area contributed by atoms with Crippen LogP contribution in [0.5, 0.6) is 5.75 Å². The van der Waals surface area contributed by atoms with Crippen LogP contribution in [0.4, 0.5) is 0 Å². The number of aliphatic hydroxyl groups is 1. The van der Waals surface area contributed by atoms with Crippen LogP contribution >= 0.6 is 12.2 Å². The van der Waals surface area contributed by atoms with Gasteiger partial charge in [0.2, 0.25) is 0 Å². The Kier molecular flexibility index (Phi) is 4.97. The molecule has 3 rings (SSSR count). The van der Waals surface area contributed by atoms with Gasteiger partial charge in [-0.15, -0.1) is 0 Å². The first-order chi connectivity index (χ1) is 11.6. The highest BCUT2D eigenvalue weighted by Crippen LogP contribution is 2.38. The average molecular weight is 343 g/mol. The molecule has 2 N–H and O–H groups in total. The van der Waals surface area contributed by atoms with E-state index < -0.39 is 6.10 Å². The molecule has 5 nitrogen and oxygen atoms in total. The highest BCUT2D eigenvalue weighted by atomic mass is 32.1. The van der Waals surface area contributed by atoms with Gasteiger partial charge in [-0.05, 0) is 49.0 Å².